The third-order valence-electron chi connectivity index (χ3n) is 1.85. The minimum absolute atomic E-state index is 0.135. The van der Waals surface area contributed by atoms with Crippen molar-refractivity contribution in [2.45, 2.75) is 20.0 Å². The summed E-state index contributed by atoms with van der Waals surface area (Å²) < 4.78 is 2.03. The molecule has 0 bridgehead atoms. The van der Waals surface area contributed by atoms with Gasteiger partial charge in [0.05, 0.1) is 6.61 Å². The Kier molecular flexibility index (Phi) is 2.12. The first-order valence-electron chi connectivity index (χ1n) is 3.54. The molecule has 56 valence electrons. The summed E-state index contributed by atoms with van der Waals surface area (Å²) in [6.07, 6.45) is 1.02. The highest BCUT2D eigenvalue weighted by molar-refractivity contribution is 5.14. The maximum absolute atomic E-state index is 8.81. The zero-order chi connectivity index (χ0) is 7.56. The van der Waals surface area contributed by atoms with Crippen LogP contribution in [-0.4, -0.2) is 9.67 Å². The standard InChI is InChI=1S/C8H13NO/c1-3-7-4-5-8(6-10)9(7)2/h4-5,10H,3,6H2,1-2H3. The molecule has 10 heavy (non-hydrogen) atoms. The minimum Gasteiger partial charge on any atom is -0.390 e. The largest absolute Gasteiger partial charge is 0.390 e. The van der Waals surface area contributed by atoms with Gasteiger partial charge in [0.2, 0.25) is 0 Å². The normalized spacial score (nSPS) is 10.3. The van der Waals surface area contributed by atoms with E-state index in [1.54, 1.807) is 0 Å². The first kappa shape index (κ1) is 7.35. The van der Waals surface area contributed by atoms with E-state index < -0.39 is 0 Å². The number of rotatable bonds is 2. The topological polar surface area (TPSA) is 25.2 Å². The van der Waals surface area contributed by atoms with E-state index in [2.05, 4.69) is 6.92 Å². The van der Waals surface area contributed by atoms with Crippen LogP contribution in [0.15, 0.2) is 12.1 Å². The molecule has 0 spiro atoms. The van der Waals surface area contributed by atoms with Crippen molar-refractivity contribution >= 4 is 0 Å². The van der Waals surface area contributed by atoms with Gasteiger partial charge in [-0.05, 0) is 18.6 Å². The quantitative estimate of drug-likeness (QED) is 0.651. The summed E-state index contributed by atoms with van der Waals surface area (Å²) in [6.45, 7) is 2.24. The molecule has 0 fully saturated rings. The van der Waals surface area contributed by atoms with E-state index in [1.807, 2.05) is 23.7 Å². The van der Waals surface area contributed by atoms with Crippen molar-refractivity contribution in [2.24, 2.45) is 7.05 Å². The zero-order valence-corrected chi connectivity index (χ0v) is 6.46. The molecule has 0 aliphatic heterocycles. The summed E-state index contributed by atoms with van der Waals surface area (Å²) in [6, 6.07) is 4.00. The molecule has 0 atom stereocenters. The Labute approximate surface area is 61.1 Å². The number of aromatic nitrogens is 1. The van der Waals surface area contributed by atoms with E-state index in [0.717, 1.165) is 12.1 Å². The molecule has 0 radical (unpaired) electrons. The van der Waals surface area contributed by atoms with Crippen molar-refractivity contribution in [3.8, 4) is 0 Å². The van der Waals surface area contributed by atoms with Crippen LogP contribution in [0.4, 0.5) is 0 Å². The van der Waals surface area contributed by atoms with Crippen LogP contribution in [0.2, 0.25) is 0 Å². The van der Waals surface area contributed by atoms with E-state index in [-0.39, 0.29) is 6.61 Å². The van der Waals surface area contributed by atoms with Gasteiger partial charge >= 0.3 is 0 Å². The van der Waals surface area contributed by atoms with Gasteiger partial charge in [-0.3, -0.25) is 0 Å². The van der Waals surface area contributed by atoms with Gasteiger partial charge in [-0.15, -0.1) is 0 Å². The van der Waals surface area contributed by atoms with Crippen LogP contribution in [0.5, 0.6) is 0 Å². The van der Waals surface area contributed by atoms with Crippen molar-refractivity contribution in [3.05, 3.63) is 23.5 Å². The lowest BCUT2D eigenvalue weighted by atomic mass is 10.3. The van der Waals surface area contributed by atoms with Crippen LogP contribution in [0, 0.1) is 0 Å². The fraction of sp³-hybridized carbons (Fsp3) is 0.500. The van der Waals surface area contributed by atoms with Gasteiger partial charge in [-0.1, -0.05) is 6.92 Å². The lowest BCUT2D eigenvalue weighted by molar-refractivity contribution is 0.272. The molecule has 0 saturated carbocycles. The second-order valence-electron chi connectivity index (χ2n) is 2.39. The lowest BCUT2D eigenvalue weighted by Crippen LogP contribution is -1.99. The highest BCUT2D eigenvalue weighted by atomic mass is 16.3. The van der Waals surface area contributed by atoms with Crippen molar-refractivity contribution in [3.63, 3.8) is 0 Å². The Morgan fingerprint density at radius 1 is 1.40 bits per heavy atom. The second kappa shape index (κ2) is 2.88. The smallest absolute Gasteiger partial charge is 0.0832 e. The summed E-state index contributed by atoms with van der Waals surface area (Å²) in [4.78, 5) is 0. The summed E-state index contributed by atoms with van der Waals surface area (Å²) >= 11 is 0. The number of nitrogens with zero attached hydrogens (tertiary/aromatic N) is 1. The first-order valence-corrected chi connectivity index (χ1v) is 3.54. The fourth-order valence-corrected chi connectivity index (χ4v) is 1.11. The van der Waals surface area contributed by atoms with Gasteiger partial charge in [0.1, 0.15) is 0 Å². The van der Waals surface area contributed by atoms with Crippen LogP contribution in [-0.2, 0) is 20.1 Å². The van der Waals surface area contributed by atoms with Gasteiger partial charge in [-0.25, -0.2) is 0 Å². The van der Waals surface area contributed by atoms with E-state index in [4.69, 9.17) is 5.11 Å². The SMILES string of the molecule is CCc1ccc(CO)n1C. The van der Waals surface area contributed by atoms with Gasteiger partial charge in [0.25, 0.3) is 0 Å². The van der Waals surface area contributed by atoms with Gasteiger partial charge in [0, 0.05) is 18.4 Å². The highest BCUT2D eigenvalue weighted by Crippen LogP contribution is 2.06. The van der Waals surface area contributed by atoms with Gasteiger partial charge in [-0.2, -0.15) is 0 Å². The second-order valence-corrected chi connectivity index (χ2v) is 2.39. The predicted molar refractivity (Wildman–Crippen MR) is 40.7 cm³/mol. The maximum Gasteiger partial charge on any atom is 0.0832 e. The van der Waals surface area contributed by atoms with E-state index >= 15 is 0 Å². The summed E-state index contributed by atoms with van der Waals surface area (Å²) in [5, 5.41) is 8.81. The summed E-state index contributed by atoms with van der Waals surface area (Å²) in [5.74, 6) is 0. The molecule has 1 N–H and O–H groups in total. The molecule has 1 aromatic heterocycles. The van der Waals surface area contributed by atoms with E-state index in [1.165, 1.54) is 5.69 Å². The van der Waals surface area contributed by atoms with E-state index in [9.17, 15) is 0 Å². The molecule has 0 aliphatic carbocycles. The van der Waals surface area contributed by atoms with Crippen LogP contribution >= 0.6 is 0 Å². The third kappa shape index (κ3) is 1.07. The Morgan fingerprint density at radius 2 is 2.00 bits per heavy atom. The Bertz CT molecular complexity index is 194. The Morgan fingerprint density at radius 3 is 2.30 bits per heavy atom. The number of aliphatic hydroxyl groups is 1. The number of aryl methyl sites for hydroxylation is 1. The lowest BCUT2D eigenvalue weighted by Gasteiger charge is -2.02. The molecule has 0 unspecified atom stereocenters. The molecule has 0 saturated heterocycles. The molecule has 0 aliphatic rings. The minimum atomic E-state index is 0.135. The molecule has 1 heterocycles. The molecular weight excluding hydrogens is 126 g/mol. The molecule has 0 amide bonds. The average molecular weight is 139 g/mol. The predicted octanol–water partition coefficient (Wildman–Crippen LogP) is 1.08. The molecule has 2 heteroatoms. The fourth-order valence-electron chi connectivity index (χ4n) is 1.11. The zero-order valence-electron chi connectivity index (χ0n) is 6.46. The highest BCUT2D eigenvalue weighted by Gasteiger charge is 1.99. The monoisotopic (exact) mass is 139 g/mol. The van der Waals surface area contributed by atoms with Crippen LogP contribution in [0.25, 0.3) is 0 Å². The number of aliphatic hydroxyl groups excluding tert-OH is 1. The average Bonchev–Trinajstić information content (AvgIpc) is 2.30. The van der Waals surface area contributed by atoms with Crippen molar-refractivity contribution in [2.75, 3.05) is 0 Å². The number of hydrogen-bond acceptors (Lipinski definition) is 1. The maximum atomic E-state index is 8.81. The molecule has 2 nitrogen and oxygen atoms in total. The number of hydrogen-bond donors (Lipinski definition) is 1. The Balaban J connectivity index is 2.97. The summed E-state index contributed by atoms with van der Waals surface area (Å²) in [7, 11) is 1.98. The molecular formula is C8H13NO. The van der Waals surface area contributed by atoms with Crippen LogP contribution in [0.3, 0.4) is 0 Å². The van der Waals surface area contributed by atoms with Gasteiger partial charge < -0.3 is 9.67 Å². The van der Waals surface area contributed by atoms with Crippen molar-refractivity contribution < 1.29 is 5.11 Å². The van der Waals surface area contributed by atoms with Crippen LogP contribution in [0.1, 0.15) is 18.3 Å². The first-order chi connectivity index (χ1) is 4.79. The van der Waals surface area contributed by atoms with Crippen molar-refractivity contribution in [1.29, 1.82) is 0 Å². The van der Waals surface area contributed by atoms with Gasteiger partial charge in [0.15, 0.2) is 0 Å². The Hall–Kier alpha value is -0.760. The molecule has 1 rings (SSSR count). The van der Waals surface area contributed by atoms with E-state index in [0.29, 0.717) is 0 Å². The molecule has 0 aromatic carbocycles. The molecule has 1 aromatic rings. The van der Waals surface area contributed by atoms with Crippen LogP contribution < -0.4 is 0 Å². The van der Waals surface area contributed by atoms with Crippen molar-refractivity contribution in [1.82, 2.24) is 4.57 Å². The third-order valence-corrected chi connectivity index (χ3v) is 1.85. The summed E-state index contributed by atoms with van der Waals surface area (Å²) in [5.41, 5.74) is 2.25.